The fourth-order valence-electron chi connectivity index (χ4n) is 2.32. The molecule has 2 heterocycles. The summed E-state index contributed by atoms with van der Waals surface area (Å²) in [5.41, 5.74) is 9.76. The van der Waals surface area contributed by atoms with Crippen LogP contribution in [-0.2, 0) is 6.54 Å². The summed E-state index contributed by atoms with van der Waals surface area (Å²) in [7, 11) is 2.06. The van der Waals surface area contributed by atoms with Gasteiger partial charge in [0.25, 0.3) is 0 Å². The van der Waals surface area contributed by atoms with Crippen molar-refractivity contribution in [2.45, 2.75) is 13.5 Å². The van der Waals surface area contributed by atoms with Gasteiger partial charge in [0.15, 0.2) is 0 Å². The zero-order valence-electron chi connectivity index (χ0n) is 11.5. The highest BCUT2D eigenvalue weighted by Gasteiger charge is 2.10. The molecular weight excluding hydrogens is 268 g/mol. The first-order valence-corrected chi connectivity index (χ1v) is 7.28. The predicted molar refractivity (Wildman–Crippen MR) is 85.1 cm³/mol. The largest absolute Gasteiger partial charge is 0.397 e. The van der Waals surface area contributed by atoms with Crippen LogP contribution >= 0.6 is 11.3 Å². The Balaban J connectivity index is 1.99. The maximum atomic E-state index is 5.99. The van der Waals surface area contributed by atoms with Gasteiger partial charge < -0.3 is 10.6 Å². The minimum absolute atomic E-state index is 0.710. The van der Waals surface area contributed by atoms with Crippen LogP contribution in [0.4, 0.5) is 11.4 Å². The summed E-state index contributed by atoms with van der Waals surface area (Å²) in [5, 5.41) is 4.27. The fourth-order valence-corrected chi connectivity index (χ4v) is 2.93. The van der Waals surface area contributed by atoms with Crippen LogP contribution in [0.2, 0.25) is 0 Å². The van der Waals surface area contributed by atoms with Crippen molar-refractivity contribution < 1.29 is 0 Å². The third-order valence-electron chi connectivity index (χ3n) is 3.25. The summed E-state index contributed by atoms with van der Waals surface area (Å²) in [4.78, 5) is 11.1. The number of aryl methyl sites for hydroxylation is 1. The Morgan fingerprint density at radius 3 is 2.90 bits per heavy atom. The Morgan fingerprint density at radius 2 is 2.15 bits per heavy atom. The number of aromatic nitrogens is 2. The lowest BCUT2D eigenvalue weighted by atomic mass is 10.1. The summed E-state index contributed by atoms with van der Waals surface area (Å²) < 4.78 is 0. The first kappa shape index (κ1) is 12.9. The molecule has 102 valence electrons. The van der Waals surface area contributed by atoms with Crippen molar-refractivity contribution >= 4 is 33.6 Å². The third kappa shape index (κ3) is 2.32. The molecule has 0 fully saturated rings. The van der Waals surface area contributed by atoms with Gasteiger partial charge in [-0.25, -0.2) is 4.98 Å². The van der Waals surface area contributed by atoms with Gasteiger partial charge in [-0.2, -0.15) is 0 Å². The average Bonchev–Trinajstić information content (AvgIpc) is 2.84. The summed E-state index contributed by atoms with van der Waals surface area (Å²) in [6, 6.07) is 7.94. The van der Waals surface area contributed by atoms with Gasteiger partial charge in [-0.1, -0.05) is 0 Å². The molecule has 0 spiro atoms. The van der Waals surface area contributed by atoms with Crippen LogP contribution < -0.4 is 10.6 Å². The lowest BCUT2D eigenvalue weighted by molar-refractivity contribution is 0.894. The second-order valence-electron chi connectivity index (χ2n) is 4.79. The highest BCUT2D eigenvalue weighted by Crippen LogP contribution is 2.29. The lowest BCUT2D eigenvalue weighted by Gasteiger charge is -2.20. The van der Waals surface area contributed by atoms with Crippen LogP contribution in [-0.4, -0.2) is 17.0 Å². The van der Waals surface area contributed by atoms with E-state index in [0.29, 0.717) is 5.69 Å². The topological polar surface area (TPSA) is 55.0 Å². The highest BCUT2D eigenvalue weighted by molar-refractivity contribution is 7.09. The SMILES string of the molecule is Cc1nc(CN(C)c2ccc(N)c3ncccc23)cs1. The maximum absolute atomic E-state index is 5.99. The number of fused-ring (bicyclic) bond motifs is 1. The van der Waals surface area contributed by atoms with E-state index in [1.54, 1.807) is 17.5 Å². The number of hydrogen-bond acceptors (Lipinski definition) is 5. The van der Waals surface area contributed by atoms with Crippen LogP contribution in [0.5, 0.6) is 0 Å². The molecule has 1 aromatic carbocycles. The fraction of sp³-hybridized carbons (Fsp3) is 0.200. The summed E-state index contributed by atoms with van der Waals surface area (Å²) in [6.45, 7) is 2.80. The Hall–Kier alpha value is -2.14. The smallest absolute Gasteiger partial charge is 0.0951 e. The van der Waals surface area contributed by atoms with Crippen LogP contribution in [0.15, 0.2) is 35.8 Å². The minimum Gasteiger partial charge on any atom is -0.397 e. The van der Waals surface area contributed by atoms with E-state index in [1.807, 2.05) is 25.1 Å². The molecule has 0 amide bonds. The molecule has 2 aromatic heterocycles. The first-order valence-electron chi connectivity index (χ1n) is 6.40. The van der Waals surface area contributed by atoms with Gasteiger partial charge >= 0.3 is 0 Å². The van der Waals surface area contributed by atoms with Crippen molar-refractivity contribution in [2.75, 3.05) is 17.7 Å². The number of nitrogens with zero attached hydrogens (tertiary/aromatic N) is 3. The number of benzene rings is 1. The molecule has 20 heavy (non-hydrogen) atoms. The van der Waals surface area contributed by atoms with Gasteiger partial charge in [0.05, 0.1) is 28.5 Å². The maximum Gasteiger partial charge on any atom is 0.0951 e. The predicted octanol–water partition coefficient (Wildman–Crippen LogP) is 3.22. The Labute approximate surface area is 121 Å². The van der Waals surface area contributed by atoms with Crippen molar-refractivity contribution in [3.05, 3.63) is 46.5 Å². The molecule has 0 saturated carbocycles. The third-order valence-corrected chi connectivity index (χ3v) is 4.08. The van der Waals surface area contributed by atoms with Crippen LogP contribution in [0.1, 0.15) is 10.7 Å². The summed E-state index contributed by atoms with van der Waals surface area (Å²) >= 11 is 1.68. The normalized spacial score (nSPS) is 10.9. The van der Waals surface area contributed by atoms with Crippen LogP contribution in [0.3, 0.4) is 0 Å². The molecule has 0 atom stereocenters. The molecule has 0 aliphatic heterocycles. The average molecular weight is 284 g/mol. The second-order valence-corrected chi connectivity index (χ2v) is 5.85. The highest BCUT2D eigenvalue weighted by atomic mass is 32.1. The zero-order chi connectivity index (χ0) is 14.1. The molecule has 0 aliphatic rings. The minimum atomic E-state index is 0.710. The van der Waals surface area contributed by atoms with E-state index in [1.165, 1.54) is 0 Å². The van der Waals surface area contributed by atoms with E-state index in [9.17, 15) is 0 Å². The first-order chi connectivity index (χ1) is 9.65. The van der Waals surface area contributed by atoms with Crippen molar-refractivity contribution in [2.24, 2.45) is 0 Å². The standard InChI is InChI=1S/C15H16N4S/c1-10-18-11(9-20-10)8-19(2)14-6-5-13(16)15-12(14)4-3-7-17-15/h3-7,9H,8,16H2,1-2H3. The molecular formula is C15H16N4S. The quantitative estimate of drug-likeness (QED) is 0.750. The van der Waals surface area contributed by atoms with E-state index < -0.39 is 0 Å². The molecule has 0 aliphatic carbocycles. The number of pyridine rings is 1. The van der Waals surface area contributed by atoms with Gasteiger partial charge in [-0.05, 0) is 31.2 Å². The number of anilines is 2. The van der Waals surface area contributed by atoms with Crippen molar-refractivity contribution in [1.82, 2.24) is 9.97 Å². The Kier molecular flexibility index (Phi) is 3.28. The van der Waals surface area contributed by atoms with E-state index >= 15 is 0 Å². The van der Waals surface area contributed by atoms with Crippen molar-refractivity contribution in [1.29, 1.82) is 0 Å². The molecule has 0 unspecified atom stereocenters. The lowest BCUT2D eigenvalue weighted by Crippen LogP contribution is -2.17. The molecule has 4 nitrogen and oxygen atoms in total. The molecule has 2 N–H and O–H groups in total. The number of nitrogen functional groups attached to an aromatic ring is 1. The zero-order valence-corrected chi connectivity index (χ0v) is 12.3. The number of hydrogen-bond donors (Lipinski definition) is 1. The van der Waals surface area contributed by atoms with Gasteiger partial charge in [-0.3, -0.25) is 4.98 Å². The van der Waals surface area contributed by atoms with Crippen molar-refractivity contribution in [3.8, 4) is 0 Å². The summed E-state index contributed by atoms with van der Waals surface area (Å²) in [6.07, 6.45) is 1.77. The molecule has 5 heteroatoms. The van der Waals surface area contributed by atoms with Crippen molar-refractivity contribution in [3.63, 3.8) is 0 Å². The Morgan fingerprint density at radius 1 is 1.30 bits per heavy atom. The summed E-state index contributed by atoms with van der Waals surface area (Å²) in [5.74, 6) is 0. The molecule has 3 rings (SSSR count). The number of rotatable bonds is 3. The van der Waals surface area contributed by atoms with Gasteiger partial charge in [0.2, 0.25) is 0 Å². The van der Waals surface area contributed by atoms with E-state index in [4.69, 9.17) is 5.73 Å². The monoisotopic (exact) mass is 284 g/mol. The number of thiazole rings is 1. The van der Waals surface area contributed by atoms with E-state index in [-0.39, 0.29) is 0 Å². The van der Waals surface area contributed by atoms with E-state index in [2.05, 4.69) is 33.4 Å². The molecule has 3 aromatic rings. The van der Waals surface area contributed by atoms with Crippen LogP contribution in [0, 0.1) is 6.92 Å². The molecule has 0 radical (unpaired) electrons. The van der Waals surface area contributed by atoms with Crippen LogP contribution in [0.25, 0.3) is 10.9 Å². The van der Waals surface area contributed by atoms with E-state index in [0.717, 1.165) is 33.8 Å². The molecule has 0 saturated heterocycles. The Bertz CT molecular complexity index is 750. The number of nitrogens with two attached hydrogens (primary N) is 1. The second kappa shape index (κ2) is 5.09. The van der Waals surface area contributed by atoms with Gasteiger partial charge in [-0.15, -0.1) is 11.3 Å². The molecule has 0 bridgehead atoms. The van der Waals surface area contributed by atoms with Gasteiger partial charge in [0.1, 0.15) is 0 Å². The van der Waals surface area contributed by atoms with Gasteiger partial charge in [0, 0.05) is 29.7 Å².